The average molecular weight is 462 g/mol. The molecule has 1 aromatic carbocycles. The first-order valence-corrected chi connectivity index (χ1v) is 8.18. The molecule has 1 atom stereocenters. The predicted octanol–water partition coefficient (Wildman–Crippen LogP) is 6.17. The maximum absolute atomic E-state index is 14.1. The molecule has 1 aromatic rings. The fourth-order valence-electron chi connectivity index (χ4n) is 2.51. The molecule has 0 amide bonds. The van der Waals surface area contributed by atoms with Crippen LogP contribution in [-0.4, -0.2) is 41.1 Å². The van der Waals surface area contributed by atoms with Gasteiger partial charge < -0.3 is 9.84 Å². The van der Waals surface area contributed by atoms with E-state index in [4.69, 9.17) is 4.74 Å². The Morgan fingerprint density at radius 2 is 1.27 bits per heavy atom. The van der Waals surface area contributed by atoms with Gasteiger partial charge in [-0.25, -0.2) is 0 Å². The highest BCUT2D eigenvalue weighted by Crippen LogP contribution is 2.59. The van der Waals surface area contributed by atoms with Crippen molar-refractivity contribution in [2.75, 3.05) is 0 Å². The van der Waals surface area contributed by atoms with Crippen LogP contribution >= 0.6 is 0 Å². The van der Waals surface area contributed by atoms with Gasteiger partial charge in [0.05, 0.1) is 18.1 Å². The topological polar surface area (TPSA) is 29.5 Å². The summed E-state index contributed by atoms with van der Waals surface area (Å²) in [6.07, 6.45) is -10.5. The Morgan fingerprint density at radius 3 is 1.70 bits per heavy atom. The van der Waals surface area contributed by atoms with Crippen molar-refractivity contribution in [3.63, 3.8) is 0 Å². The molecule has 0 spiro atoms. The molecule has 2 nitrogen and oxygen atoms in total. The van der Waals surface area contributed by atoms with Gasteiger partial charge in [0.25, 0.3) is 0 Å². The Labute approximate surface area is 163 Å². The lowest BCUT2D eigenvalue weighted by atomic mass is 9.84. The number of ether oxygens (including phenoxy) is 1. The summed E-state index contributed by atoms with van der Waals surface area (Å²) in [7, 11) is 0. The van der Waals surface area contributed by atoms with Crippen molar-refractivity contribution in [2.24, 2.45) is 0 Å². The van der Waals surface area contributed by atoms with Crippen molar-refractivity contribution in [1.82, 2.24) is 0 Å². The van der Waals surface area contributed by atoms with Crippen LogP contribution in [0.1, 0.15) is 32.8 Å². The molecule has 0 aromatic heterocycles. The summed E-state index contributed by atoms with van der Waals surface area (Å²) in [5.41, 5.74) is -3.68. The minimum atomic E-state index is -7.52. The minimum absolute atomic E-state index is 0.316. The van der Waals surface area contributed by atoms with Gasteiger partial charge >= 0.3 is 29.9 Å². The molecule has 1 unspecified atom stereocenters. The Bertz CT molecular complexity index is 739. The number of rotatable bonds is 8. The van der Waals surface area contributed by atoms with Crippen LogP contribution in [0.15, 0.2) is 24.3 Å². The number of alkyl halides is 11. The standard InChI is InChI=1S/C17H17F11O2/c1-9(2)30-11-7-5-4-6-10(11)12(3,29)8-13(18,19)14(20,21)15(22,23)16(24,25)17(26,27)28/h4-7,9,29H,8H2,1-3H3. The third kappa shape index (κ3) is 4.45. The van der Waals surface area contributed by atoms with Crippen LogP contribution in [0, 0.1) is 0 Å². The number of para-hydroxylation sites is 1. The molecule has 1 rings (SSSR count). The first-order valence-electron chi connectivity index (χ1n) is 8.18. The molecule has 30 heavy (non-hydrogen) atoms. The van der Waals surface area contributed by atoms with E-state index in [1.807, 2.05) is 0 Å². The molecule has 0 bridgehead atoms. The molecule has 0 heterocycles. The summed E-state index contributed by atoms with van der Waals surface area (Å²) in [6.45, 7) is 3.40. The zero-order valence-corrected chi connectivity index (χ0v) is 15.6. The highest BCUT2D eigenvalue weighted by Gasteiger charge is 2.87. The molecular weight excluding hydrogens is 445 g/mol. The number of halogens is 11. The summed E-state index contributed by atoms with van der Waals surface area (Å²) in [5.74, 6) is -28.7. The Morgan fingerprint density at radius 1 is 0.800 bits per heavy atom. The minimum Gasteiger partial charge on any atom is -0.491 e. The van der Waals surface area contributed by atoms with Gasteiger partial charge in [-0.2, -0.15) is 48.3 Å². The second-order valence-electron chi connectivity index (χ2n) is 7.04. The van der Waals surface area contributed by atoms with Crippen molar-refractivity contribution in [3.8, 4) is 5.75 Å². The molecule has 1 N–H and O–H groups in total. The maximum atomic E-state index is 14.1. The quantitative estimate of drug-likeness (QED) is 0.468. The van der Waals surface area contributed by atoms with E-state index in [-0.39, 0.29) is 5.75 Å². The summed E-state index contributed by atoms with van der Waals surface area (Å²) in [4.78, 5) is 0. The van der Waals surface area contributed by atoms with Crippen LogP contribution < -0.4 is 4.74 Å². The van der Waals surface area contributed by atoms with Gasteiger partial charge in [0.2, 0.25) is 0 Å². The van der Waals surface area contributed by atoms with E-state index in [2.05, 4.69) is 0 Å². The second kappa shape index (κ2) is 7.72. The lowest BCUT2D eigenvalue weighted by Crippen LogP contribution is -2.67. The van der Waals surface area contributed by atoms with E-state index in [9.17, 15) is 53.4 Å². The van der Waals surface area contributed by atoms with Crippen molar-refractivity contribution >= 4 is 0 Å². The SMILES string of the molecule is CC(C)Oc1ccccc1C(C)(O)CC(F)(F)C(F)(F)C(F)(F)C(F)(F)C(F)(F)F. The summed E-state index contributed by atoms with van der Waals surface area (Å²) >= 11 is 0. The summed E-state index contributed by atoms with van der Waals surface area (Å²) < 4.78 is 150. The molecule has 0 aliphatic carbocycles. The lowest BCUT2D eigenvalue weighted by Gasteiger charge is -2.39. The largest absolute Gasteiger partial charge is 0.491 e. The van der Waals surface area contributed by atoms with Crippen molar-refractivity contribution in [1.29, 1.82) is 0 Å². The van der Waals surface area contributed by atoms with E-state index < -0.39 is 53.6 Å². The van der Waals surface area contributed by atoms with Gasteiger partial charge in [-0.3, -0.25) is 0 Å². The lowest BCUT2D eigenvalue weighted by molar-refractivity contribution is -0.424. The zero-order valence-electron chi connectivity index (χ0n) is 15.6. The average Bonchev–Trinajstić information content (AvgIpc) is 2.52. The Kier molecular flexibility index (Phi) is 6.75. The van der Waals surface area contributed by atoms with Gasteiger partial charge in [0.1, 0.15) is 5.75 Å². The second-order valence-corrected chi connectivity index (χ2v) is 7.04. The van der Waals surface area contributed by atoms with Crippen molar-refractivity contribution < 1.29 is 58.1 Å². The molecule has 174 valence electrons. The van der Waals surface area contributed by atoms with Crippen LogP contribution in [0.3, 0.4) is 0 Å². The van der Waals surface area contributed by atoms with Crippen LogP contribution in [0.2, 0.25) is 0 Å². The smallest absolute Gasteiger partial charge is 0.460 e. The first-order chi connectivity index (χ1) is 13.1. The monoisotopic (exact) mass is 462 g/mol. The number of hydrogen-bond donors (Lipinski definition) is 1. The number of aliphatic hydroxyl groups is 1. The van der Waals surface area contributed by atoms with Crippen LogP contribution in [0.25, 0.3) is 0 Å². The van der Waals surface area contributed by atoms with E-state index in [0.717, 1.165) is 18.2 Å². The summed E-state index contributed by atoms with van der Waals surface area (Å²) in [6, 6.07) is 4.46. The fraction of sp³-hybridized carbons (Fsp3) is 0.647. The molecular formula is C17H17F11O2. The van der Waals surface area contributed by atoms with Gasteiger partial charge in [0, 0.05) is 5.56 Å². The van der Waals surface area contributed by atoms with Gasteiger partial charge in [-0.05, 0) is 26.8 Å². The highest BCUT2D eigenvalue weighted by atomic mass is 19.4. The Hall–Kier alpha value is -1.79. The third-order valence-electron chi connectivity index (χ3n) is 4.00. The van der Waals surface area contributed by atoms with Crippen molar-refractivity contribution in [3.05, 3.63) is 29.8 Å². The number of hydrogen-bond acceptors (Lipinski definition) is 2. The van der Waals surface area contributed by atoms with E-state index >= 15 is 0 Å². The molecule has 13 heteroatoms. The molecule has 0 fully saturated rings. The van der Waals surface area contributed by atoms with Crippen molar-refractivity contribution in [2.45, 2.75) is 68.8 Å². The first kappa shape index (κ1) is 26.2. The molecule has 0 saturated carbocycles. The molecule has 0 saturated heterocycles. The van der Waals surface area contributed by atoms with E-state index in [0.29, 0.717) is 6.92 Å². The number of benzene rings is 1. The van der Waals surface area contributed by atoms with Gasteiger partial charge in [-0.15, -0.1) is 0 Å². The zero-order chi connectivity index (χ0) is 24.0. The molecule has 0 radical (unpaired) electrons. The van der Waals surface area contributed by atoms with E-state index in [1.54, 1.807) is 0 Å². The normalized spacial score (nSPS) is 16.5. The van der Waals surface area contributed by atoms with Crippen LogP contribution in [-0.2, 0) is 5.60 Å². The van der Waals surface area contributed by atoms with E-state index in [1.165, 1.54) is 19.9 Å². The third-order valence-corrected chi connectivity index (χ3v) is 4.00. The predicted molar refractivity (Wildman–Crippen MR) is 82.2 cm³/mol. The maximum Gasteiger partial charge on any atom is 0.460 e. The van der Waals surface area contributed by atoms with Gasteiger partial charge in [0.15, 0.2) is 0 Å². The molecule has 0 aliphatic heterocycles. The fourth-order valence-corrected chi connectivity index (χ4v) is 2.51. The molecule has 0 aliphatic rings. The van der Waals surface area contributed by atoms with Gasteiger partial charge in [-0.1, -0.05) is 18.2 Å². The van der Waals surface area contributed by atoms with Crippen LogP contribution in [0.5, 0.6) is 5.75 Å². The Balaban J connectivity index is 3.41. The van der Waals surface area contributed by atoms with Crippen LogP contribution in [0.4, 0.5) is 48.3 Å². The summed E-state index contributed by atoms with van der Waals surface area (Å²) in [5, 5.41) is 10.3. The highest BCUT2D eigenvalue weighted by molar-refractivity contribution is 5.38.